The van der Waals surface area contributed by atoms with Crippen molar-refractivity contribution >= 4 is 28.3 Å². The number of hydrogen-bond donors (Lipinski definition) is 1. The van der Waals surface area contributed by atoms with E-state index in [4.69, 9.17) is 9.47 Å². The summed E-state index contributed by atoms with van der Waals surface area (Å²) in [5.41, 5.74) is 1.79. The Bertz CT molecular complexity index is 1010. The van der Waals surface area contributed by atoms with Crippen molar-refractivity contribution in [2.75, 3.05) is 12.4 Å². The van der Waals surface area contributed by atoms with Crippen LogP contribution >= 0.6 is 0 Å². The Morgan fingerprint density at radius 2 is 1.75 bits per heavy atom. The molecule has 3 aromatic rings. The first-order valence-electron chi connectivity index (χ1n) is 9.17. The molecule has 0 aliphatic carbocycles. The van der Waals surface area contributed by atoms with E-state index in [1.165, 1.54) is 7.11 Å². The third kappa shape index (κ3) is 4.31. The average Bonchev–Trinajstić information content (AvgIpc) is 2.72. The van der Waals surface area contributed by atoms with E-state index in [9.17, 15) is 9.59 Å². The highest BCUT2D eigenvalue weighted by Crippen LogP contribution is 2.23. The number of carbonyl (C=O) groups excluding carboxylic acids is 2. The highest BCUT2D eigenvalue weighted by atomic mass is 16.5. The summed E-state index contributed by atoms with van der Waals surface area (Å²) in [7, 11) is 1.32. The van der Waals surface area contributed by atoms with Crippen LogP contribution in [-0.4, -0.2) is 25.1 Å². The van der Waals surface area contributed by atoms with Gasteiger partial charge in [0.15, 0.2) is 6.10 Å². The van der Waals surface area contributed by atoms with Gasteiger partial charge in [0.2, 0.25) is 0 Å². The second kappa shape index (κ2) is 8.57. The van der Waals surface area contributed by atoms with Crippen molar-refractivity contribution in [2.45, 2.75) is 26.4 Å². The molecule has 5 heteroatoms. The molecule has 1 N–H and O–H groups in total. The molecule has 144 valence electrons. The molecule has 3 aromatic carbocycles. The van der Waals surface area contributed by atoms with E-state index < -0.39 is 12.1 Å². The maximum Gasteiger partial charge on any atom is 0.337 e. The Morgan fingerprint density at radius 1 is 1.00 bits per heavy atom. The van der Waals surface area contributed by atoms with Crippen molar-refractivity contribution in [3.63, 3.8) is 0 Å². The van der Waals surface area contributed by atoms with E-state index in [2.05, 4.69) is 5.32 Å². The summed E-state index contributed by atoms with van der Waals surface area (Å²) in [5, 5.41) is 5.03. The van der Waals surface area contributed by atoms with Crippen LogP contribution in [0.1, 0.15) is 29.3 Å². The number of methoxy groups -OCH3 is 1. The lowest BCUT2D eigenvalue weighted by Crippen LogP contribution is -2.32. The predicted octanol–water partition coefficient (Wildman–Crippen LogP) is 4.73. The molecular formula is C23H23NO4. The van der Waals surface area contributed by atoms with E-state index in [1.807, 2.05) is 56.3 Å². The minimum Gasteiger partial charge on any atom is -0.481 e. The second-order valence-electron chi connectivity index (χ2n) is 6.53. The first-order chi connectivity index (χ1) is 13.5. The van der Waals surface area contributed by atoms with Gasteiger partial charge in [0.05, 0.1) is 12.7 Å². The van der Waals surface area contributed by atoms with E-state index in [0.29, 0.717) is 23.4 Å². The largest absolute Gasteiger partial charge is 0.481 e. The standard InChI is InChI=1S/C23H23NO4/c1-4-21(28-19-12-11-16-7-5-6-8-17(16)13-19)22(25)24-20-14-18(23(26)27-3)10-9-15(20)2/h5-14,21H,4H2,1-3H3,(H,24,25)/t21-/m0/s1. The van der Waals surface area contributed by atoms with Gasteiger partial charge >= 0.3 is 5.97 Å². The molecule has 0 unspecified atom stereocenters. The lowest BCUT2D eigenvalue weighted by Gasteiger charge is -2.18. The summed E-state index contributed by atoms with van der Waals surface area (Å²) in [6.45, 7) is 3.75. The lowest BCUT2D eigenvalue weighted by atomic mass is 10.1. The molecule has 1 amide bonds. The number of amides is 1. The van der Waals surface area contributed by atoms with Crippen molar-refractivity contribution in [3.8, 4) is 5.75 Å². The maximum absolute atomic E-state index is 12.8. The number of rotatable bonds is 6. The fourth-order valence-corrected chi connectivity index (χ4v) is 2.94. The zero-order chi connectivity index (χ0) is 20.1. The molecule has 0 aromatic heterocycles. The number of ether oxygens (including phenoxy) is 2. The monoisotopic (exact) mass is 377 g/mol. The van der Waals surface area contributed by atoms with E-state index >= 15 is 0 Å². The molecule has 0 heterocycles. The van der Waals surface area contributed by atoms with Crippen molar-refractivity contribution in [1.82, 2.24) is 0 Å². The molecule has 0 radical (unpaired) electrons. The number of hydrogen-bond acceptors (Lipinski definition) is 4. The van der Waals surface area contributed by atoms with Gasteiger partial charge in [-0.15, -0.1) is 0 Å². The molecule has 0 spiro atoms. The molecule has 28 heavy (non-hydrogen) atoms. The van der Waals surface area contributed by atoms with Gasteiger partial charge in [-0.25, -0.2) is 4.79 Å². The Morgan fingerprint density at radius 3 is 2.46 bits per heavy atom. The minimum atomic E-state index is -0.651. The van der Waals surface area contributed by atoms with Crippen LogP contribution in [-0.2, 0) is 9.53 Å². The molecule has 0 aliphatic heterocycles. The van der Waals surface area contributed by atoms with Crippen LogP contribution < -0.4 is 10.1 Å². The van der Waals surface area contributed by atoms with Crippen LogP contribution in [0.5, 0.6) is 5.75 Å². The van der Waals surface area contributed by atoms with Crippen molar-refractivity contribution < 1.29 is 19.1 Å². The Hall–Kier alpha value is -3.34. The molecule has 0 aliphatic rings. The first-order valence-corrected chi connectivity index (χ1v) is 9.17. The van der Waals surface area contributed by atoms with Crippen LogP contribution in [0.4, 0.5) is 5.69 Å². The summed E-state index contributed by atoms with van der Waals surface area (Å²) in [6, 6.07) is 18.8. The molecule has 0 saturated carbocycles. The molecule has 3 rings (SSSR count). The van der Waals surface area contributed by atoms with Gasteiger partial charge in [0, 0.05) is 5.69 Å². The fourth-order valence-electron chi connectivity index (χ4n) is 2.94. The smallest absolute Gasteiger partial charge is 0.337 e. The maximum atomic E-state index is 12.8. The summed E-state index contributed by atoms with van der Waals surface area (Å²) < 4.78 is 10.7. The summed E-state index contributed by atoms with van der Waals surface area (Å²) in [6.07, 6.45) is -0.142. The first kappa shape index (κ1) is 19.4. The average molecular weight is 377 g/mol. The van der Waals surface area contributed by atoms with Gasteiger partial charge in [-0.05, 0) is 53.9 Å². The molecular weight excluding hydrogens is 354 g/mol. The minimum absolute atomic E-state index is 0.263. The quantitative estimate of drug-likeness (QED) is 0.631. The number of benzene rings is 3. The number of anilines is 1. The third-order valence-corrected chi connectivity index (χ3v) is 4.58. The topological polar surface area (TPSA) is 64.6 Å². The Labute approximate surface area is 164 Å². The molecule has 0 fully saturated rings. The molecule has 1 atom stereocenters. The highest BCUT2D eigenvalue weighted by Gasteiger charge is 2.20. The molecule has 5 nitrogen and oxygen atoms in total. The van der Waals surface area contributed by atoms with E-state index in [-0.39, 0.29) is 5.91 Å². The van der Waals surface area contributed by atoms with Gasteiger partial charge < -0.3 is 14.8 Å². The highest BCUT2D eigenvalue weighted by molar-refractivity contribution is 5.97. The Balaban J connectivity index is 1.77. The van der Waals surface area contributed by atoms with Gasteiger partial charge in [-0.1, -0.05) is 43.3 Å². The summed E-state index contributed by atoms with van der Waals surface area (Å²) in [5.74, 6) is -0.0727. The Kier molecular flexibility index (Phi) is 5.94. The van der Waals surface area contributed by atoms with Crippen LogP contribution in [0, 0.1) is 6.92 Å². The fraction of sp³-hybridized carbons (Fsp3) is 0.217. The molecule has 0 saturated heterocycles. The summed E-state index contributed by atoms with van der Waals surface area (Å²) in [4.78, 5) is 24.5. The SMILES string of the molecule is CC[C@H](Oc1ccc2ccccc2c1)C(=O)Nc1cc(C(=O)OC)ccc1C. The summed E-state index contributed by atoms with van der Waals surface area (Å²) >= 11 is 0. The van der Waals surface area contributed by atoms with Crippen molar-refractivity contribution in [2.24, 2.45) is 0 Å². The van der Waals surface area contributed by atoms with Crippen LogP contribution in [0.25, 0.3) is 10.8 Å². The van der Waals surface area contributed by atoms with Crippen LogP contribution in [0.3, 0.4) is 0 Å². The number of aryl methyl sites for hydroxylation is 1. The van der Waals surface area contributed by atoms with Gasteiger partial charge in [-0.2, -0.15) is 0 Å². The van der Waals surface area contributed by atoms with Crippen LogP contribution in [0.15, 0.2) is 60.7 Å². The van der Waals surface area contributed by atoms with Gasteiger partial charge in [0.25, 0.3) is 5.91 Å². The van der Waals surface area contributed by atoms with Gasteiger partial charge in [-0.3, -0.25) is 4.79 Å². The lowest BCUT2D eigenvalue weighted by molar-refractivity contribution is -0.122. The van der Waals surface area contributed by atoms with Crippen molar-refractivity contribution in [1.29, 1.82) is 0 Å². The normalized spacial score (nSPS) is 11.7. The van der Waals surface area contributed by atoms with Crippen LogP contribution in [0.2, 0.25) is 0 Å². The van der Waals surface area contributed by atoms with E-state index in [1.54, 1.807) is 18.2 Å². The second-order valence-corrected chi connectivity index (χ2v) is 6.53. The van der Waals surface area contributed by atoms with Crippen molar-refractivity contribution in [3.05, 3.63) is 71.8 Å². The van der Waals surface area contributed by atoms with E-state index in [0.717, 1.165) is 16.3 Å². The number of fused-ring (bicyclic) bond motifs is 1. The number of esters is 1. The number of nitrogens with one attached hydrogen (secondary N) is 1. The third-order valence-electron chi connectivity index (χ3n) is 4.58. The predicted molar refractivity (Wildman–Crippen MR) is 110 cm³/mol. The number of carbonyl (C=O) groups is 2. The zero-order valence-corrected chi connectivity index (χ0v) is 16.2. The molecule has 0 bridgehead atoms. The zero-order valence-electron chi connectivity index (χ0n) is 16.2. The van der Waals surface area contributed by atoms with Gasteiger partial charge in [0.1, 0.15) is 5.75 Å².